The number of aromatic nitrogens is 2. The molecule has 1 N–H and O–H groups in total. The van der Waals surface area contributed by atoms with E-state index in [9.17, 15) is 9.59 Å². The number of carbonyl (C=O) groups excluding carboxylic acids is 2. The van der Waals surface area contributed by atoms with Crippen LogP contribution in [0.3, 0.4) is 0 Å². The van der Waals surface area contributed by atoms with Gasteiger partial charge in [0.2, 0.25) is 5.95 Å². The van der Waals surface area contributed by atoms with E-state index in [2.05, 4.69) is 22.2 Å². The lowest BCUT2D eigenvalue weighted by atomic mass is 10.2. The van der Waals surface area contributed by atoms with Crippen molar-refractivity contribution in [3.8, 4) is 0 Å². The van der Waals surface area contributed by atoms with Crippen LogP contribution in [0.15, 0.2) is 6.07 Å². The van der Waals surface area contributed by atoms with E-state index in [1.54, 1.807) is 22.8 Å². The zero-order valence-corrected chi connectivity index (χ0v) is 14.5. The Morgan fingerprint density at radius 1 is 1.17 bits per heavy atom. The van der Waals surface area contributed by atoms with Crippen LogP contribution in [0.1, 0.15) is 36.5 Å². The first-order chi connectivity index (χ1) is 11.5. The lowest BCUT2D eigenvalue weighted by molar-refractivity contribution is 0.0566. The topological polar surface area (TPSA) is 87.7 Å². The van der Waals surface area contributed by atoms with E-state index in [-0.39, 0.29) is 12.0 Å². The number of piperazine rings is 1. The Labute approximate surface area is 142 Å². The fourth-order valence-corrected chi connectivity index (χ4v) is 2.46. The molecule has 0 radical (unpaired) electrons. The molecule has 1 aromatic heterocycles. The lowest BCUT2D eigenvalue weighted by Gasteiger charge is -2.33. The molecule has 0 aliphatic carbocycles. The zero-order chi connectivity index (χ0) is 17.5. The van der Waals surface area contributed by atoms with Crippen molar-refractivity contribution in [3.05, 3.63) is 17.5 Å². The molecule has 2 heterocycles. The number of rotatable bonds is 5. The highest BCUT2D eigenvalue weighted by molar-refractivity contribution is 5.92. The van der Waals surface area contributed by atoms with Crippen LogP contribution in [0.5, 0.6) is 0 Å². The maximum Gasteiger partial charge on any atom is 0.409 e. The first-order valence-electron chi connectivity index (χ1n) is 8.35. The van der Waals surface area contributed by atoms with E-state index in [1.165, 1.54) is 0 Å². The Morgan fingerprint density at radius 2 is 1.83 bits per heavy atom. The van der Waals surface area contributed by atoms with Gasteiger partial charge in [0.25, 0.3) is 5.91 Å². The van der Waals surface area contributed by atoms with Crippen LogP contribution < -0.4 is 5.32 Å². The van der Waals surface area contributed by atoms with Crippen molar-refractivity contribution in [3.63, 3.8) is 0 Å². The third-order valence-electron chi connectivity index (χ3n) is 3.70. The third kappa shape index (κ3) is 4.56. The van der Waals surface area contributed by atoms with E-state index < -0.39 is 0 Å². The van der Waals surface area contributed by atoms with Crippen molar-refractivity contribution < 1.29 is 14.3 Å². The Balaban J connectivity index is 2.00. The molecule has 0 bridgehead atoms. The molecule has 8 heteroatoms. The summed E-state index contributed by atoms with van der Waals surface area (Å²) in [7, 11) is 0. The minimum absolute atomic E-state index is 0.136. The molecule has 8 nitrogen and oxygen atoms in total. The Kier molecular flexibility index (Phi) is 6.34. The average molecular weight is 335 g/mol. The predicted molar refractivity (Wildman–Crippen MR) is 90.0 cm³/mol. The van der Waals surface area contributed by atoms with Gasteiger partial charge in [-0.3, -0.25) is 4.79 Å². The Bertz CT molecular complexity index is 585. The van der Waals surface area contributed by atoms with Crippen LogP contribution >= 0.6 is 0 Å². The van der Waals surface area contributed by atoms with Crippen molar-refractivity contribution in [2.75, 3.05) is 44.6 Å². The van der Waals surface area contributed by atoms with Crippen LogP contribution in [0.25, 0.3) is 0 Å². The number of nitrogens with zero attached hydrogens (tertiary/aromatic N) is 4. The maximum atomic E-state index is 12.7. The summed E-state index contributed by atoms with van der Waals surface area (Å²) in [5, 5.41) is 3.11. The number of carbonyl (C=O) groups is 2. The third-order valence-corrected chi connectivity index (χ3v) is 3.70. The van der Waals surface area contributed by atoms with Gasteiger partial charge in [0, 0.05) is 38.4 Å². The molecular formula is C16H25N5O3. The molecule has 1 aliphatic heterocycles. The molecule has 0 aromatic carbocycles. The van der Waals surface area contributed by atoms with Gasteiger partial charge in [0.1, 0.15) is 5.69 Å². The molecule has 0 unspecified atom stereocenters. The van der Waals surface area contributed by atoms with Crippen molar-refractivity contribution in [1.82, 2.24) is 19.8 Å². The molecule has 0 atom stereocenters. The minimum atomic E-state index is -0.325. The molecule has 0 spiro atoms. The van der Waals surface area contributed by atoms with E-state index in [1.807, 2.05) is 6.92 Å². The van der Waals surface area contributed by atoms with Crippen molar-refractivity contribution >= 4 is 17.9 Å². The van der Waals surface area contributed by atoms with Gasteiger partial charge in [-0.15, -0.1) is 0 Å². The molecule has 2 amide bonds. The number of amides is 2. The second kappa shape index (κ2) is 8.47. The second-order valence-electron chi connectivity index (χ2n) is 5.62. The van der Waals surface area contributed by atoms with Gasteiger partial charge >= 0.3 is 6.09 Å². The second-order valence-corrected chi connectivity index (χ2v) is 5.62. The van der Waals surface area contributed by atoms with Crippen LogP contribution in [0, 0.1) is 6.92 Å². The van der Waals surface area contributed by atoms with E-state index >= 15 is 0 Å². The van der Waals surface area contributed by atoms with Crippen molar-refractivity contribution in [2.24, 2.45) is 0 Å². The molecule has 24 heavy (non-hydrogen) atoms. The highest BCUT2D eigenvalue weighted by Gasteiger charge is 2.26. The first kappa shape index (κ1) is 18.0. The quantitative estimate of drug-likeness (QED) is 0.878. The summed E-state index contributed by atoms with van der Waals surface area (Å²) in [5.74, 6) is 0.342. The number of hydrogen-bond donors (Lipinski definition) is 1. The Morgan fingerprint density at radius 3 is 2.46 bits per heavy atom. The highest BCUT2D eigenvalue weighted by Crippen LogP contribution is 2.11. The largest absolute Gasteiger partial charge is 0.450 e. The summed E-state index contributed by atoms with van der Waals surface area (Å²) in [6.45, 7) is 8.66. The minimum Gasteiger partial charge on any atom is -0.450 e. The monoisotopic (exact) mass is 335 g/mol. The lowest BCUT2D eigenvalue weighted by Crippen LogP contribution is -2.50. The van der Waals surface area contributed by atoms with E-state index in [4.69, 9.17) is 4.74 Å². The van der Waals surface area contributed by atoms with E-state index in [0.29, 0.717) is 44.4 Å². The molecule has 2 rings (SSSR count). The van der Waals surface area contributed by atoms with E-state index in [0.717, 1.165) is 18.7 Å². The van der Waals surface area contributed by atoms with Gasteiger partial charge in [-0.05, 0) is 26.3 Å². The number of nitrogens with one attached hydrogen (secondary N) is 1. The number of ether oxygens (including phenoxy) is 1. The first-order valence-corrected chi connectivity index (χ1v) is 8.35. The Hall–Kier alpha value is -2.38. The summed E-state index contributed by atoms with van der Waals surface area (Å²) in [6.07, 6.45) is 0.629. The van der Waals surface area contributed by atoms with Crippen molar-refractivity contribution in [2.45, 2.75) is 27.2 Å². The van der Waals surface area contributed by atoms with Gasteiger partial charge in [-0.25, -0.2) is 14.8 Å². The summed E-state index contributed by atoms with van der Waals surface area (Å²) in [5.41, 5.74) is 1.13. The molecule has 1 aromatic rings. The number of aryl methyl sites for hydroxylation is 1. The molecule has 1 saturated heterocycles. The van der Waals surface area contributed by atoms with Crippen LogP contribution in [-0.4, -0.2) is 71.1 Å². The molecular weight excluding hydrogens is 310 g/mol. The molecule has 132 valence electrons. The van der Waals surface area contributed by atoms with Gasteiger partial charge < -0.3 is 19.9 Å². The molecule has 1 fully saturated rings. The molecule has 0 saturated carbocycles. The summed E-state index contributed by atoms with van der Waals surface area (Å²) < 4.78 is 4.99. The van der Waals surface area contributed by atoms with Crippen LogP contribution in [0.4, 0.5) is 10.7 Å². The van der Waals surface area contributed by atoms with Gasteiger partial charge in [0.05, 0.1) is 6.61 Å². The van der Waals surface area contributed by atoms with Gasteiger partial charge in [0.15, 0.2) is 0 Å². The van der Waals surface area contributed by atoms with Gasteiger partial charge in [-0.1, -0.05) is 6.92 Å². The normalized spacial score (nSPS) is 14.5. The fourth-order valence-electron chi connectivity index (χ4n) is 2.46. The maximum absolute atomic E-state index is 12.7. The zero-order valence-electron chi connectivity index (χ0n) is 14.5. The smallest absolute Gasteiger partial charge is 0.409 e. The van der Waals surface area contributed by atoms with Gasteiger partial charge in [-0.2, -0.15) is 0 Å². The summed E-state index contributed by atoms with van der Waals surface area (Å²) >= 11 is 0. The average Bonchev–Trinajstić information content (AvgIpc) is 2.59. The highest BCUT2D eigenvalue weighted by atomic mass is 16.6. The standard InChI is InChI=1S/C16H25N5O3/c1-4-6-17-15-18-12(3)11-13(19-15)14(22)20-7-9-21(10-8-20)16(23)24-5-2/h11H,4-10H2,1-3H3,(H,17,18,19). The predicted octanol–water partition coefficient (Wildman–Crippen LogP) is 1.52. The molecule has 1 aliphatic rings. The van der Waals surface area contributed by atoms with Crippen molar-refractivity contribution in [1.29, 1.82) is 0 Å². The van der Waals surface area contributed by atoms with Crippen LogP contribution in [-0.2, 0) is 4.74 Å². The summed E-state index contributed by atoms with van der Waals surface area (Å²) in [4.78, 5) is 36.3. The van der Waals surface area contributed by atoms with Crippen LogP contribution in [0.2, 0.25) is 0 Å². The fraction of sp³-hybridized carbons (Fsp3) is 0.625. The number of hydrogen-bond acceptors (Lipinski definition) is 6. The SMILES string of the molecule is CCCNc1nc(C)cc(C(=O)N2CCN(C(=O)OCC)CC2)n1. The summed E-state index contributed by atoms with van der Waals surface area (Å²) in [6, 6.07) is 1.69. The number of anilines is 1.